The Labute approximate surface area is 169 Å². The van der Waals surface area contributed by atoms with Gasteiger partial charge in [-0.05, 0) is 58.5 Å². The van der Waals surface area contributed by atoms with Crippen LogP contribution in [-0.4, -0.2) is 4.98 Å². The van der Waals surface area contributed by atoms with Gasteiger partial charge in [0.1, 0.15) is 0 Å². The summed E-state index contributed by atoms with van der Waals surface area (Å²) in [7, 11) is 0. The van der Waals surface area contributed by atoms with Crippen LogP contribution < -0.4 is 4.90 Å². The number of anilines is 3. The average Bonchev–Trinajstić information content (AvgIpc) is 2.80. The topological polar surface area (TPSA) is 16.1 Å². The Bertz CT molecular complexity index is 1340. The van der Waals surface area contributed by atoms with Gasteiger partial charge in [0, 0.05) is 29.0 Å². The molecule has 0 radical (unpaired) electrons. The van der Waals surface area contributed by atoms with E-state index in [4.69, 9.17) is 0 Å². The zero-order chi connectivity index (χ0) is 19.2. The zero-order valence-corrected chi connectivity index (χ0v) is 15.8. The maximum Gasteiger partial charge on any atom is 0.0571 e. The second kappa shape index (κ2) is 6.32. The molecule has 2 nitrogen and oxygen atoms in total. The summed E-state index contributed by atoms with van der Waals surface area (Å²) < 4.78 is 0. The molecule has 5 aromatic rings. The molecule has 6 rings (SSSR count). The highest BCUT2D eigenvalue weighted by Crippen LogP contribution is 2.51. The molecule has 0 bridgehead atoms. The van der Waals surface area contributed by atoms with E-state index in [0.29, 0.717) is 0 Å². The molecule has 2 heterocycles. The van der Waals surface area contributed by atoms with E-state index < -0.39 is 0 Å². The fraction of sp³-hybridized carbons (Fsp3) is 0. The van der Waals surface area contributed by atoms with Gasteiger partial charge in [0.15, 0.2) is 0 Å². The predicted octanol–water partition coefficient (Wildman–Crippen LogP) is 7.35. The van der Waals surface area contributed by atoms with Crippen LogP contribution in [0.1, 0.15) is 0 Å². The number of pyridine rings is 1. The fourth-order valence-corrected chi connectivity index (χ4v) is 4.38. The highest BCUT2D eigenvalue weighted by atomic mass is 15.2. The first-order valence-corrected chi connectivity index (χ1v) is 9.82. The van der Waals surface area contributed by atoms with Crippen LogP contribution in [0.5, 0.6) is 0 Å². The van der Waals surface area contributed by atoms with Crippen molar-refractivity contribution >= 4 is 27.8 Å². The summed E-state index contributed by atoms with van der Waals surface area (Å²) in [6, 6.07) is 34.4. The quantitative estimate of drug-likeness (QED) is 0.317. The number of hydrogen-bond donors (Lipinski definition) is 0. The minimum atomic E-state index is 1.16. The smallest absolute Gasteiger partial charge is 0.0571 e. The summed E-state index contributed by atoms with van der Waals surface area (Å²) in [6.45, 7) is 0. The number of nitrogens with zero attached hydrogens (tertiary/aromatic N) is 2. The molecule has 1 aromatic heterocycles. The van der Waals surface area contributed by atoms with Gasteiger partial charge in [0.25, 0.3) is 0 Å². The standard InChI is InChI=1S/C27H18N2/c1-3-8-19(9-4-1)21-16-20-10-7-13-26-27(20)23(17-21)24-18-28-15-14-25(24)29(26)22-11-5-2-6-12-22/h1-18H. The molecule has 29 heavy (non-hydrogen) atoms. The minimum absolute atomic E-state index is 1.16. The normalized spacial score (nSPS) is 12.1. The molecule has 4 aromatic carbocycles. The Morgan fingerprint density at radius 3 is 2.21 bits per heavy atom. The molecule has 0 saturated carbocycles. The van der Waals surface area contributed by atoms with E-state index in [2.05, 4.69) is 107 Å². The van der Waals surface area contributed by atoms with Crippen LogP contribution in [-0.2, 0) is 0 Å². The Morgan fingerprint density at radius 1 is 0.586 bits per heavy atom. The molecule has 1 aliphatic rings. The van der Waals surface area contributed by atoms with Gasteiger partial charge in [-0.15, -0.1) is 0 Å². The first-order chi connectivity index (χ1) is 14.4. The van der Waals surface area contributed by atoms with Gasteiger partial charge in [-0.2, -0.15) is 0 Å². The van der Waals surface area contributed by atoms with E-state index in [1.165, 1.54) is 33.2 Å². The molecular weight excluding hydrogens is 352 g/mol. The fourth-order valence-electron chi connectivity index (χ4n) is 4.38. The Hall–Kier alpha value is -3.91. The third-order valence-corrected chi connectivity index (χ3v) is 5.65. The van der Waals surface area contributed by atoms with E-state index in [0.717, 1.165) is 16.9 Å². The van der Waals surface area contributed by atoms with E-state index in [9.17, 15) is 0 Å². The number of para-hydroxylation sites is 1. The highest BCUT2D eigenvalue weighted by Gasteiger charge is 2.26. The van der Waals surface area contributed by atoms with Crippen LogP contribution in [0.25, 0.3) is 33.0 Å². The Morgan fingerprint density at radius 2 is 1.38 bits per heavy atom. The Kier molecular flexibility index (Phi) is 3.50. The summed E-state index contributed by atoms with van der Waals surface area (Å²) in [5, 5.41) is 2.52. The van der Waals surface area contributed by atoms with Crippen molar-refractivity contribution in [1.29, 1.82) is 0 Å². The second-order valence-corrected chi connectivity index (χ2v) is 7.33. The van der Waals surface area contributed by atoms with E-state index >= 15 is 0 Å². The van der Waals surface area contributed by atoms with Crippen LogP contribution in [0, 0.1) is 0 Å². The first-order valence-electron chi connectivity index (χ1n) is 9.82. The highest BCUT2D eigenvalue weighted by molar-refractivity contribution is 6.14. The maximum atomic E-state index is 4.46. The van der Waals surface area contributed by atoms with Crippen molar-refractivity contribution in [2.75, 3.05) is 4.90 Å². The van der Waals surface area contributed by atoms with Gasteiger partial charge < -0.3 is 4.90 Å². The molecule has 0 saturated heterocycles. The van der Waals surface area contributed by atoms with Crippen LogP contribution in [0.2, 0.25) is 0 Å². The lowest BCUT2D eigenvalue weighted by Gasteiger charge is -2.33. The van der Waals surface area contributed by atoms with Gasteiger partial charge in [-0.1, -0.05) is 60.7 Å². The number of rotatable bonds is 2. The van der Waals surface area contributed by atoms with Gasteiger partial charge in [0.05, 0.1) is 11.4 Å². The summed E-state index contributed by atoms with van der Waals surface area (Å²) in [4.78, 5) is 6.80. The molecule has 136 valence electrons. The predicted molar refractivity (Wildman–Crippen MR) is 121 cm³/mol. The van der Waals surface area contributed by atoms with Gasteiger partial charge in [-0.3, -0.25) is 4.98 Å². The van der Waals surface area contributed by atoms with Crippen molar-refractivity contribution in [1.82, 2.24) is 4.98 Å². The third-order valence-electron chi connectivity index (χ3n) is 5.65. The summed E-state index contributed by atoms with van der Waals surface area (Å²) in [6.07, 6.45) is 3.87. The number of hydrogen-bond acceptors (Lipinski definition) is 2. The van der Waals surface area contributed by atoms with Crippen molar-refractivity contribution in [3.8, 4) is 22.3 Å². The van der Waals surface area contributed by atoms with Crippen molar-refractivity contribution in [3.63, 3.8) is 0 Å². The molecular formula is C27H18N2. The summed E-state index contributed by atoms with van der Waals surface area (Å²) >= 11 is 0. The zero-order valence-electron chi connectivity index (χ0n) is 15.8. The van der Waals surface area contributed by atoms with E-state index in [-0.39, 0.29) is 0 Å². The lowest BCUT2D eigenvalue weighted by Crippen LogP contribution is -2.15. The van der Waals surface area contributed by atoms with E-state index in [1.807, 2.05) is 12.4 Å². The number of benzene rings is 4. The molecule has 0 atom stereocenters. The van der Waals surface area contributed by atoms with Gasteiger partial charge in [-0.25, -0.2) is 0 Å². The number of aromatic nitrogens is 1. The van der Waals surface area contributed by atoms with Crippen LogP contribution in [0.15, 0.2) is 109 Å². The lowest BCUT2D eigenvalue weighted by molar-refractivity contribution is 1.24. The maximum absolute atomic E-state index is 4.46. The molecule has 1 aliphatic heterocycles. The third kappa shape index (κ3) is 2.46. The average molecular weight is 370 g/mol. The number of fused-ring (bicyclic) bond motifs is 2. The molecule has 0 N–H and O–H groups in total. The SMILES string of the molecule is c1ccc(-c2cc3c4c(cccc4c2)N(c2ccccc2)c2ccncc2-3)cc1. The summed E-state index contributed by atoms with van der Waals surface area (Å²) in [5.41, 5.74) is 8.40. The first kappa shape index (κ1) is 16.1. The molecule has 0 aliphatic carbocycles. The molecule has 0 spiro atoms. The lowest BCUT2D eigenvalue weighted by atomic mass is 9.89. The van der Waals surface area contributed by atoms with Crippen LogP contribution in [0.3, 0.4) is 0 Å². The van der Waals surface area contributed by atoms with Crippen molar-refractivity contribution in [2.24, 2.45) is 0 Å². The molecule has 0 fully saturated rings. The largest absolute Gasteiger partial charge is 0.309 e. The van der Waals surface area contributed by atoms with Gasteiger partial charge in [0.2, 0.25) is 0 Å². The monoisotopic (exact) mass is 370 g/mol. The van der Waals surface area contributed by atoms with Crippen LogP contribution in [0.4, 0.5) is 17.1 Å². The Balaban J connectivity index is 1.71. The van der Waals surface area contributed by atoms with E-state index in [1.54, 1.807) is 0 Å². The summed E-state index contributed by atoms with van der Waals surface area (Å²) in [5.74, 6) is 0. The van der Waals surface area contributed by atoms with Crippen molar-refractivity contribution in [2.45, 2.75) is 0 Å². The van der Waals surface area contributed by atoms with Crippen molar-refractivity contribution < 1.29 is 0 Å². The van der Waals surface area contributed by atoms with Crippen molar-refractivity contribution in [3.05, 3.63) is 109 Å². The van der Waals surface area contributed by atoms with Crippen LogP contribution >= 0.6 is 0 Å². The molecule has 0 unspecified atom stereocenters. The molecule has 0 amide bonds. The van der Waals surface area contributed by atoms with Gasteiger partial charge >= 0.3 is 0 Å². The minimum Gasteiger partial charge on any atom is -0.309 e. The molecule has 2 heteroatoms. The second-order valence-electron chi connectivity index (χ2n) is 7.33.